The van der Waals surface area contributed by atoms with Crippen LogP contribution in [0.3, 0.4) is 0 Å². The van der Waals surface area contributed by atoms with Crippen LogP contribution in [0.1, 0.15) is 29.0 Å². The lowest BCUT2D eigenvalue weighted by molar-refractivity contribution is -0.0297. The van der Waals surface area contributed by atoms with Gasteiger partial charge in [0.05, 0.1) is 31.1 Å². The molecule has 4 aromatic rings. The van der Waals surface area contributed by atoms with Crippen LogP contribution >= 0.6 is 23.5 Å². The van der Waals surface area contributed by atoms with Crippen molar-refractivity contribution >= 4 is 34.9 Å². The lowest BCUT2D eigenvalue weighted by Gasteiger charge is -2.36. The van der Waals surface area contributed by atoms with E-state index in [1.54, 1.807) is 29.7 Å². The summed E-state index contributed by atoms with van der Waals surface area (Å²) in [4.78, 5) is 29.4. The molecule has 0 amide bonds. The third-order valence-corrected chi connectivity index (χ3v) is 10.8. The number of aromatic nitrogens is 2. The molecule has 0 spiro atoms. The van der Waals surface area contributed by atoms with E-state index in [4.69, 9.17) is 14.5 Å². The van der Waals surface area contributed by atoms with Crippen LogP contribution in [-0.4, -0.2) is 67.4 Å². The van der Waals surface area contributed by atoms with Crippen molar-refractivity contribution in [1.82, 2.24) is 14.9 Å². The van der Waals surface area contributed by atoms with E-state index in [0.717, 1.165) is 30.0 Å². The third-order valence-electron chi connectivity index (χ3n) is 8.18. The Kier molecular flexibility index (Phi) is 8.20. The van der Waals surface area contributed by atoms with Crippen LogP contribution in [0, 0.1) is 6.92 Å². The second-order valence-electron chi connectivity index (χ2n) is 11.3. The fraction of sp³-hybridized carbons (Fsp3) is 0.333. The number of aryl methyl sites for hydroxylation is 1. The number of likely N-dealkylation sites (N-methyl/N-ethyl adjacent to an activating group) is 1. The van der Waals surface area contributed by atoms with Crippen LogP contribution in [0.5, 0.6) is 0 Å². The summed E-state index contributed by atoms with van der Waals surface area (Å²) in [6.45, 7) is 6.46. The highest BCUT2D eigenvalue weighted by atomic mass is 32.2. The molecular formula is C33H35N5O3S2. The molecule has 0 bridgehead atoms. The van der Waals surface area contributed by atoms with E-state index >= 15 is 0 Å². The molecule has 0 radical (unpaired) electrons. The molecule has 0 saturated carbocycles. The van der Waals surface area contributed by atoms with Gasteiger partial charge < -0.3 is 29.6 Å². The summed E-state index contributed by atoms with van der Waals surface area (Å²) >= 11 is 3.59. The molecule has 2 aromatic carbocycles. The molecule has 43 heavy (non-hydrogen) atoms. The summed E-state index contributed by atoms with van der Waals surface area (Å²) in [5.41, 5.74) is 4.98. The number of hydrogen-bond acceptors (Lipinski definition) is 9. The minimum absolute atomic E-state index is 0.00294. The Labute approximate surface area is 260 Å². The number of pyridine rings is 2. The predicted octanol–water partition coefficient (Wildman–Crippen LogP) is 5.76. The maximum atomic E-state index is 12.5. The maximum absolute atomic E-state index is 12.5. The zero-order chi connectivity index (χ0) is 29.3. The van der Waals surface area contributed by atoms with Crippen LogP contribution in [0.25, 0.3) is 0 Å². The van der Waals surface area contributed by atoms with E-state index in [0.29, 0.717) is 32.0 Å². The molecule has 2 N–H and O–H groups in total. The van der Waals surface area contributed by atoms with Gasteiger partial charge in [0.1, 0.15) is 11.8 Å². The van der Waals surface area contributed by atoms with Gasteiger partial charge in [0, 0.05) is 63.8 Å². The maximum Gasteiger partial charge on any atom is 0.271 e. The van der Waals surface area contributed by atoms with Crippen molar-refractivity contribution in [3.05, 3.63) is 100 Å². The lowest BCUT2D eigenvalue weighted by Crippen LogP contribution is -2.45. The molecule has 8 nitrogen and oxygen atoms in total. The van der Waals surface area contributed by atoms with Gasteiger partial charge >= 0.3 is 0 Å². The SMILES string of the molecule is Cc1ccc(C(Nc2ccc3c(c2)Sc2cccc(C4CN(c5ccc[nH]c5=O)CCO4)c2S3)[C@@H]2CN(C)CCO2)nc1. The molecule has 2 saturated heterocycles. The van der Waals surface area contributed by atoms with Crippen molar-refractivity contribution in [2.75, 3.05) is 56.7 Å². The molecule has 7 rings (SSSR count). The fourth-order valence-corrected chi connectivity index (χ4v) is 8.35. The van der Waals surface area contributed by atoms with Gasteiger partial charge in [-0.2, -0.15) is 0 Å². The van der Waals surface area contributed by atoms with Crippen molar-refractivity contribution in [3.8, 4) is 0 Å². The highest BCUT2D eigenvalue weighted by molar-refractivity contribution is 8.05. The van der Waals surface area contributed by atoms with Crippen molar-refractivity contribution in [2.45, 2.75) is 44.8 Å². The van der Waals surface area contributed by atoms with Crippen LogP contribution in [-0.2, 0) is 9.47 Å². The van der Waals surface area contributed by atoms with Gasteiger partial charge in [-0.3, -0.25) is 9.78 Å². The minimum atomic E-state index is -0.115. The zero-order valence-corrected chi connectivity index (χ0v) is 25.9. The second kappa shape index (κ2) is 12.4. The van der Waals surface area contributed by atoms with E-state index in [1.165, 1.54) is 25.1 Å². The van der Waals surface area contributed by atoms with E-state index in [1.807, 2.05) is 18.3 Å². The Hall–Kier alpha value is -3.28. The highest BCUT2D eigenvalue weighted by Crippen LogP contribution is 2.52. The number of rotatable bonds is 6. The quantitative estimate of drug-likeness (QED) is 0.249. The van der Waals surface area contributed by atoms with Crippen molar-refractivity contribution in [3.63, 3.8) is 0 Å². The van der Waals surface area contributed by atoms with Crippen molar-refractivity contribution < 1.29 is 9.47 Å². The molecule has 5 heterocycles. The monoisotopic (exact) mass is 613 g/mol. The Bertz CT molecular complexity index is 1660. The molecule has 2 aromatic heterocycles. The Balaban J connectivity index is 1.13. The average molecular weight is 614 g/mol. The summed E-state index contributed by atoms with van der Waals surface area (Å²) in [5.74, 6) is 0. The topological polar surface area (TPSA) is 82.7 Å². The number of nitrogens with one attached hydrogen (secondary N) is 2. The van der Waals surface area contributed by atoms with E-state index in [2.05, 4.69) is 82.6 Å². The Morgan fingerprint density at radius 2 is 1.88 bits per heavy atom. The van der Waals surface area contributed by atoms with Crippen LogP contribution in [0.4, 0.5) is 11.4 Å². The van der Waals surface area contributed by atoms with Crippen LogP contribution < -0.4 is 15.8 Å². The number of anilines is 2. The third kappa shape index (κ3) is 6.07. The number of fused-ring (bicyclic) bond motifs is 2. The summed E-state index contributed by atoms with van der Waals surface area (Å²) in [6, 6.07) is 21.0. The van der Waals surface area contributed by atoms with Crippen molar-refractivity contribution in [2.24, 2.45) is 0 Å². The largest absolute Gasteiger partial charge is 0.374 e. The Morgan fingerprint density at radius 1 is 0.977 bits per heavy atom. The first-order valence-electron chi connectivity index (χ1n) is 14.7. The number of hydrogen-bond donors (Lipinski definition) is 2. The second-order valence-corrected chi connectivity index (χ2v) is 13.4. The number of H-pyrrole nitrogens is 1. The van der Waals surface area contributed by atoms with Gasteiger partial charge in [0.15, 0.2) is 0 Å². The number of ether oxygens (including phenoxy) is 2. The normalized spacial score (nSPS) is 21.1. The molecule has 10 heteroatoms. The number of benzene rings is 2. The van der Waals surface area contributed by atoms with Gasteiger partial charge in [-0.25, -0.2) is 0 Å². The summed E-state index contributed by atoms with van der Waals surface area (Å²) < 4.78 is 12.5. The van der Waals surface area contributed by atoms with Gasteiger partial charge in [0.2, 0.25) is 0 Å². The van der Waals surface area contributed by atoms with Gasteiger partial charge in [-0.15, -0.1) is 0 Å². The predicted molar refractivity (Wildman–Crippen MR) is 172 cm³/mol. The first-order valence-corrected chi connectivity index (χ1v) is 16.3. The van der Waals surface area contributed by atoms with E-state index in [-0.39, 0.29) is 23.8 Å². The first-order chi connectivity index (χ1) is 21.0. The number of aromatic amines is 1. The smallest absolute Gasteiger partial charge is 0.271 e. The summed E-state index contributed by atoms with van der Waals surface area (Å²) in [6.07, 6.45) is 3.48. The summed E-state index contributed by atoms with van der Waals surface area (Å²) in [7, 11) is 2.14. The Morgan fingerprint density at radius 3 is 2.72 bits per heavy atom. The fourth-order valence-electron chi connectivity index (χ4n) is 5.90. The van der Waals surface area contributed by atoms with Crippen LogP contribution in [0.2, 0.25) is 0 Å². The molecule has 0 aliphatic carbocycles. The van der Waals surface area contributed by atoms with Gasteiger partial charge in [0.25, 0.3) is 5.56 Å². The molecular weight excluding hydrogens is 579 g/mol. The first kappa shape index (κ1) is 28.5. The van der Waals surface area contributed by atoms with E-state index < -0.39 is 0 Å². The zero-order valence-electron chi connectivity index (χ0n) is 24.3. The average Bonchev–Trinajstić information content (AvgIpc) is 3.03. The summed E-state index contributed by atoms with van der Waals surface area (Å²) in [5, 5.41) is 3.78. The number of morpholine rings is 2. The molecule has 3 aliphatic rings. The number of nitrogens with zero attached hydrogens (tertiary/aromatic N) is 3. The lowest BCUT2D eigenvalue weighted by atomic mass is 10.0. The van der Waals surface area contributed by atoms with Crippen LogP contribution in [0.15, 0.2) is 97.4 Å². The molecule has 3 aliphatic heterocycles. The highest BCUT2D eigenvalue weighted by Gasteiger charge is 2.31. The molecule has 3 atom stereocenters. The molecule has 2 fully saturated rings. The van der Waals surface area contributed by atoms with Gasteiger partial charge in [-0.05, 0) is 67.6 Å². The van der Waals surface area contributed by atoms with Gasteiger partial charge in [-0.1, -0.05) is 41.7 Å². The molecule has 2 unspecified atom stereocenters. The van der Waals surface area contributed by atoms with Crippen molar-refractivity contribution in [1.29, 1.82) is 0 Å². The van der Waals surface area contributed by atoms with E-state index in [9.17, 15) is 4.79 Å². The minimum Gasteiger partial charge on any atom is -0.374 e. The standard InChI is InChI=1S/C33H35N5O3S2/c1-21-8-10-24(35-18-21)31(27-19-37(2)13-15-41-27)36-22-9-11-28-30(17-22)42-29-7-3-5-23(32(29)43-28)26-20-38(14-16-40-26)25-6-4-12-34-33(25)39/h3-12,17-18,26-27,31,36H,13-16,19-20H2,1-2H3,(H,34,39)/t26?,27-,31?/m0/s1. The molecule has 222 valence electrons.